The number of esters is 1. The number of hydrogen-bond acceptors (Lipinski definition) is 5. The van der Waals surface area contributed by atoms with Crippen molar-refractivity contribution in [3.8, 4) is 5.75 Å². The topological polar surface area (TPSA) is 48.4 Å². The van der Waals surface area contributed by atoms with Crippen LogP contribution in [0, 0.1) is 5.82 Å². The number of para-hydroxylation sites is 1. The number of thioether (sulfide) groups is 1. The largest absolute Gasteiger partial charge is 0.487 e. The summed E-state index contributed by atoms with van der Waals surface area (Å²) in [6.45, 7) is 0.180. The second-order valence-electron chi connectivity index (χ2n) is 6.93. The third-order valence-corrected chi connectivity index (χ3v) is 6.24. The van der Waals surface area contributed by atoms with E-state index in [0.717, 1.165) is 11.1 Å². The van der Waals surface area contributed by atoms with Crippen molar-refractivity contribution in [2.24, 2.45) is 0 Å². The molecule has 32 heavy (non-hydrogen) atoms. The SMILES string of the molecule is COC(=O)c1c(SCc2ccc(F)cc2)nc2ccccc2c1OCc1ccccc1Cl. The highest BCUT2D eigenvalue weighted by Crippen LogP contribution is 2.37. The lowest BCUT2D eigenvalue weighted by molar-refractivity contribution is 0.0590. The van der Waals surface area contributed by atoms with E-state index in [-0.39, 0.29) is 18.0 Å². The van der Waals surface area contributed by atoms with Crippen molar-refractivity contribution in [2.75, 3.05) is 7.11 Å². The highest BCUT2D eigenvalue weighted by molar-refractivity contribution is 7.98. The average molecular weight is 468 g/mol. The van der Waals surface area contributed by atoms with Gasteiger partial charge in [0.1, 0.15) is 28.8 Å². The Morgan fingerprint density at radius 3 is 2.50 bits per heavy atom. The Balaban J connectivity index is 1.76. The van der Waals surface area contributed by atoms with Crippen LogP contribution in [0.15, 0.2) is 77.8 Å². The number of ether oxygens (including phenoxy) is 2. The number of halogens is 2. The molecular formula is C25H19ClFNO3S. The van der Waals surface area contributed by atoms with Crippen LogP contribution >= 0.6 is 23.4 Å². The fraction of sp³-hybridized carbons (Fsp3) is 0.120. The van der Waals surface area contributed by atoms with Crippen molar-refractivity contribution < 1.29 is 18.7 Å². The van der Waals surface area contributed by atoms with Gasteiger partial charge in [-0.15, -0.1) is 11.8 Å². The summed E-state index contributed by atoms with van der Waals surface area (Å²) in [6, 6.07) is 21.0. The predicted molar refractivity (Wildman–Crippen MR) is 125 cm³/mol. The van der Waals surface area contributed by atoms with Gasteiger partial charge in [-0.2, -0.15) is 0 Å². The minimum absolute atomic E-state index is 0.180. The molecule has 0 aliphatic heterocycles. The van der Waals surface area contributed by atoms with Gasteiger partial charge in [0.25, 0.3) is 0 Å². The number of nitrogens with zero attached hydrogens (tertiary/aromatic N) is 1. The smallest absolute Gasteiger partial charge is 0.344 e. The highest BCUT2D eigenvalue weighted by Gasteiger charge is 2.24. The zero-order valence-electron chi connectivity index (χ0n) is 17.2. The van der Waals surface area contributed by atoms with Gasteiger partial charge < -0.3 is 9.47 Å². The third-order valence-electron chi connectivity index (χ3n) is 4.82. The molecule has 4 rings (SSSR count). The maximum absolute atomic E-state index is 13.2. The zero-order chi connectivity index (χ0) is 22.5. The summed E-state index contributed by atoms with van der Waals surface area (Å²) >= 11 is 7.65. The van der Waals surface area contributed by atoms with Crippen LogP contribution in [0.4, 0.5) is 4.39 Å². The molecule has 0 amide bonds. The van der Waals surface area contributed by atoms with Crippen molar-refractivity contribution >= 4 is 40.2 Å². The van der Waals surface area contributed by atoms with E-state index < -0.39 is 5.97 Å². The summed E-state index contributed by atoms with van der Waals surface area (Å²) in [4.78, 5) is 17.5. The fourth-order valence-corrected chi connectivity index (χ4v) is 4.36. The van der Waals surface area contributed by atoms with Gasteiger partial charge in [0, 0.05) is 21.7 Å². The third kappa shape index (κ3) is 4.87. The Kier molecular flexibility index (Phi) is 6.93. The van der Waals surface area contributed by atoms with Gasteiger partial charge >= 0.3 is 5.97 Å². The molecule has 7 heteroatoms. The number of carbonyl (C=O) groups is 1. The molecular weight excluding hydrogens is 449 g/mol. The summed E-state index contributed by atoms with van der Waals surface area (Å²) in [5.41, 5.74) is 2.65. The van der Waals surface area contributed by atoms with E-state index in [1.807, 2.05) is 42.5 Å². The van der Waals surface area contributed by atoms with Crippen LogP contribution in [0.3, 0.4) is 0 Å². The second kappa shape index (κ2) is 10.0. The lowest BCUT2D eigenvalue weighted by atomic mass is 10.1. The molecule has 0 spiro atoms. The zero-order valence-corrected chi connectivity index (χ0v) is 18.8. The number of fused-ring (bicyclic) bond motifs is 1. The summed E-state index contributed by atoms with van der Waals surface area (Å²) < 4.78 is 24.5. The molecule has 0 bridgehead atoms. The lowest BCUT2D eigenvalue weighted by Gasteiger charge is -2.17. The first kappa shape index (κ1) is 22.1. The summed E-state index contributed by atoms with van der Waals surface area (Å²) in [5.74, 6) is 0.0515. The molecule has 0 aliphatic rings. The van der Waals surface area contributed by atoms with Crippen molar-refractivity contribution in [3.05, 3.63) is 100 Å². The number of rotatable bonds is 7. The van der Waals surface area contributed by atoms with E-state index in [9.17, 15) is 9.18 Å². The Morgan fingerprint density at radius 2 is 1.75 bits per heavy atom. The molecule has 3 aromatic carbocycles. The molecule has 4 aromatic rings. The van der Waals surface area contributed by atoms with Gasteiger partial charge in [-0.05, 0) is 35.9 Å². The normalized spacial score (nSPS) is 10.8. The number of carbonyl (C=O) groups excluding carboxylic acids is 1. The molecule has 0 unspecified atom stereocenters. The minimum atomic E-state index is -0.543. The van der Waals surface area contributed by atoms with Crippen molar-refractivity contribution in [1.29, 1.82) is 0 Å². The van der Waals surface area contributed by atoms with Gasteiger partial charge in [0.15, 0.2) is 0 Å². The van der Waals surface area contributed by atoms with Gasteiger partial charge in [-0.25, -0.2) is 14.2 Å². The van der Waals surface area contributed by atoms with Crippen LogP contribution < -0.4 is 4.74 Å². The summed E-state index contributed by atoms with van der Waals surface area (Å²) in [6.07, 6.45) is 0. The van der Waals surface area contributed by atoms with Crippen LogP contribution in [0.1, 0.15) is 21.5 Å². The van der Waals surface area contributed by atoms with E-state index in [1.165, 1.54) is 31.0 Å². The average Bonchev–Trinajstić information content (AvgIpc) is 2.82. The van der Waals surface area contributed by atoms with E-state index in [1.54, 1.807) is 18.2 Å². The molecule has 4 nitrogen and oxygen atoms in total. The summed E-state index contributed by atoms with van der Waals surface area (Å²) in [5, 5.41) is 1.76. The maximum atomic E-state index is 13.2. The monoisotopic (exact) mass is 467 g/mol. The molecule has 0 atom stereocenters. The van der Waals surface area contributed by atoms with Crippen LogP contribution in [-0.2, 0) is 17.1 Å². The first-order valence-corrected chi connectivity index (χ1v) is 11.2. The molecule has 0 saturated heterocycles. The van der Waals surface area contributed by atoms with Crippen LogP contribution in [0.5, 0.6) is 5.75 Å². The molecule has 0 N–H and O–H groups in total. The van der Waals surface area contributed by atoms with Crippen LogP contribution in [-0.4, -0.2) is 18.1 Å². The minimum Gasteiger partial charge on any atom is -0.487 e. The van der Waals surface area contributed by atoms with Gasteiger partial charge in [0.05, 0.1) is 12.6 Å². The molecule has 1 heterocycles. The molecule has 1 aromatic heterocycles. The lowest BCUT2D eigenvalue weighted by Crippen LogP contribution is -2.10. The van der Waals surface area contributed by atoms with E-state index in [0.29, 0.717) is 32.5 Å². The number of pyridine rings is 1. The Labute approximate surface area is 194 Å². The molecule has 0 radical (unpaired) electrons. The number of aromatic nitrogens is 1. The summed E-state index contributed by atoms with van der Waals surface area (Å²) in [7, 11) is 1.32. The Bertz CT molecular complexity index is 1260. The van der Waals surface area contributed by atoms with E-state index in [2.05, 4.69) is 0 Å². The maximum Gasteiger partial charge on any atom is 0.344 e. The number of methoxy groups -OCH3 is 1. The number of hydrogen-bond donors (Lipinski definition) is 0. The van der Waals surface area contributed by atoms with Crippen molar-refractivity contribution in [3.63, 3.8) is 0 Å². The predicted octanol–water partition coefficient (Wildman–Crippen LogP) is 6.69. The Hall–Kier alpha value is -3.09. The quantitative estimate of drug-likeness (QED) is 0.224. The molecule has 162 valence electrons. The van der Waals surface area contributed by atoms with Crippen molar-refractivity contribution in [2.45, 2.75) is 17.4 Å². The first-order chi connectivity index (χ1) is 15.6. The van der Waals surface area contributed by atoms with Gasteiger partial charge in [-0.1, -0.05) is 54.1 Å². The van der Waals surface area contributed by atoms with Gasteiger partial charge in [-0.3, -0.25) is 0 Å². The fourth-order valence-electron chi connectivity index (χ4n) is 3.19. The van der Waals surface area contributed by atoms with E-state index in [4.69, 9.17) is 26.1 Å². The second-order valence-corrected chi connectivity index (χ2v) is 8.30. The molecule has 0 aliphatic carbocycles. The van der Waals surface area contributed by atoms with Crippen LogP contribution in [0.25, 0.3) is 10.9 Å². The molecule has 0 saturated carbocycles. The first-order valence-electron chi connectivity index (χ1n) is 9.81. The van der Waals surface area contributed by atoms with Crippen molar-refractivity contribution in [1.82, 2.24) is 4.98 Å². The van der Waals surface area contributed by atoms with E-state index >= 15 is 0 Å². The standard InChI is InChI=1S/C25H19ClFNO3S/c1-30-25(29)22-23(31-14-17-6-2-4-8-20(17)26)19-7-3-5-9-21(19)28-24(22)32-15-16-10-12-18(27)13-11-16/h2-13H,14-15H2,1H3. The number of benzene rings is 3. The van der Waals surface area contributed by atoms with Crippen LogP contribution in [0.2, 0.25) is 5.02 Å². The highest BCUT2D eigenvalue weighted by atomic mass is 35.5. The van der Waals surface area contributed by atoms with Gasteiger partial charge in [0.2, 0.25) is 0 Å². The molecule has 0 fully saturated rings. The Morgan fingerprint density at radius 1 is 1.03 bits per heavy atom.